The van der Waals surface area contributed by atoms with Gasteiger partial charge in [0.15, 0.2) is 11.5 Å². The lowest BCUT2D eigenvalue weighted by molar-refractivity contribution is -0.277. The van der Waals surface area contributed by atoms with Crippen LogP contribution in [-0.2, 0) is 4.74 Å². The predicted octanol–water partition coefficient (Wildman–Crippen LogP) is 0.664. The van der Waals surface area contributed by atoms with Crippen molar-refractivity contribution in [3.05, 3.63) is 46.8 Å². The highest BCUT2D eigenvalue weighted by Gasteiger charge is 2.44. The van der Waals surface area contributed by atoms with Crippen LogP contribution >= 0.6 is 0 Å². The number of fused-ring (bicyclic) bond motifs is 1. The van der Waals surface area contributed by atoms with E-state index in [1.54, 1.807) is 12.1 Å². The minimum Gasteiger partial charge on any atom is -0.496 e. The summed E-state index contributed by atoms with van der Waals surface area (Å²) in [5.74, 6) is 1.40. The first-order chi connectivity index (χ1) is 16.8. The van der Waals surface area contributed by atoms with Crippen molar-refractivity contribution in [2.24, 2.45) is 0 Å². The highest BCUT2D eigenvalue weighted by Crippen LogP contribution is 2.39. The van der Waals surface area contributed by atoms with Crippen LogP contribution in [0.1, 0.15) is 0 Å². The Balaban J connectivity index is 1.68. The molecule has 188 valence electrons. The van der Waals surface area contributed by atoms with Crippen LogP contribution in [-0.4, -0.2) is 79.1 Å². The quantitative estimate of drug-likeness (QED) is 0.369. The summed E-state index contributed by atoms with van der Waals surface area (Å²) in [6, 6.07) is 7.60. The van der Waals surface area contributed by atoms with Crippen LogP contribution in [0.4, 0.5) is 0 Å². The molecule has 0 spiro atoms. The SMILES string of the molecule is COc1cc(OC)c(-c2coc3cc(O[C@@H]4OC(CO)[C@@H](O)[C@H](O)C4O)ccc3c2=O)cc1OC. The molecule has 1 fully saturated rings. The molecule has 11 nitrogen and oxygen atoms in total. The zero-order valence-electron chi connectivity index (χ0n) is 19.2. The number of ether oxygens (including phenoxy) is 5. The van der Waals surface area contributed by atoms with E-state index >= 15 is 0 Å². The van der Waals surface area contributed by atoms with Crippen molar-refractivity contribution < 1.29 is 48.5 Å². The van der Waals surface area contributed by atoms with Crippen molar-refractivity contribution in [1.29, 1.82) is 0 Å². The van der Waals surface area contributed by atoms with Crippen LogP contribution in [0.25, 0.3) is 22.1 Å². The average Bonchev–Trinajstić information content (AvgIpc) is 2.88. The fourth-order valence-electron chi connectivity index (χ4n) is 3.91. The largest absolute Gasteiger partial charge is 0.496 e. The second-order valence-corrected chi connectivity index (χ2v) is 7.86. The highest BCUT2D eigenvalue weighted by molar-refractivity contribution is 5.84. The van der Waals surface area contributed by atoms with Crippen LogP contribution < -0.4 is 24.4 Å². The van der Waals surface area contributed by atoms with Gasteiger partial charge in [0, 0.05) is 17.7 Å². The molecule has 0 radical (unpaired) electrons. The van der Waals surface area contributed by atoms with Gasteiger partial charge in [-0.2, -0.15) is 0 Å². The van der Waals surface area contributed by atoms with E-state index in [0.717, 1.165) is 0 Å². The van der Waals surface area contributed by atoms with Crippen molar-refractivity contribution in [2.75, 3.05) is 27.9 Å². The third-order valence-electron chi connectivity index (χ3n) is 5.84. The Labute approximate surface area is 199 Å². The first-order valence-electron chi connectivity index (χ1n) is 10.7. The summed E-state index contributed by atoms with van der Waals surface area (Å²) in [5, 5.41) is 39.6. The molecule has 11 heteroatoms. The van der Waals surface area contributed by atoms with Crippen LogP contribution in [0.15, 0.2) is 45.8 Å². The van der Waals surface area contributed by atoms with Crippen molar-refractivity contribution in [3.8, 4) is 34.1 Å². The van der Waals surface area contributed by atoms with Gasteiger partial charge in [-0.05, 0) is 18.2 Å². The van der Waals surface area contributed by atoms with Gasteiger partial charge in [-0.15, -0.1) is 0 Å². The monoisotopic (exact) mass is 490 g/mol. The second-order valence-electron chi connectivity index (χ2n) is 7.86. The summed E-state index contributed by atoms with van der Waals surface area (Å²) >= 11 is 0. The molecule has 2 aromatic carbocycles. The van der Waals surface area contributed by atoms with Crippen LogP contribution in [0.5, 0.6) is 23.0 Å². The number of methoxy groups -OCH3 is 3. The van der Waals surface area contributed by atoms with Gasteiger partial charge in [-0.25, -0.2) is 0 Å². The van der Waals surface area contributed by atoms with Crippen molar-refractivity contribution in [2.45, 2.75) is 30.7 Å². The van der Waals surface area contributed by atoms with Gasteiger partial charge in [0.05, 0.1) is 38.9 Å². The van der Waals surface area contributed by atoms with E-state index in [0.29, 0.717) is 22.8 Å². The van der Waals surface area contributed by atoms with Crippen molar-refractivity contribution >= 4 is 11.0 Å². The van der Waals surface area contributed by atoms with E-state index in [1.165, 1.54) is 45.8 Å². The Morgan fingerprint density at radius 2 is 1.54 bits per heavy atom. The van der Waals surface area contributed by atoms with E-state index in [9.17, 15) is 25.2 Å². The molecule has 1 aromatic heterocycles. The molecule has 0 aliphatic carbocycles. The maximum Gasteiger partial charge on any atom is 0.229 e. The van der Waals surface area contributed by atoms with Gasteiger partial charge < -0.3 is 48.5 Å². The third-order valence-corrected chi connectivity index (χ3v) is 5.84. The molecule has 1 aliphatic rings. The Kier molecular flexibility index (Phi) is 7.15. The molecule has 4 rings (SSSR count). The van der Waals surface area contributed by atoms with E-state index in [1.807, 2.05) is 0 Å². The Morgan fingerprint density at radius 1 is 0.857 bits per heavy atom. The standard InChI is InChI=1S/C24H26O11/c1-30-15-8-18(32-3)17(31-2)7-13(15)14-10-33-16-6-11(4-5-12(16)20(14)26)34-24-23(29)22(28)21(27)19(9-25)35-24/h4-8,10,19,21-25,27-29H,9H2,1-3H3/t19?,21-,22+,23?,24-/m1/s1. The summed E-state index contributed by atoms with van der Waals surface area (Å²) in [6.07, 6.45) is -5.86. The maximum absolute atomic E-state index is 13.3. The summed E-state index contributed by atoms with van der Waals surface area (Å²) in [7, 11) is 4.44. The number of aliphatic hydroxyl groups is 4. The van der Waals surface area contributed by atoms with Gasteiger partial charge in [0.25, 0.3) is 0 Å². The second kappa shape index (κ2) is 10.1. The topological polar surface area (TPSA) is 157 Å². The minimum absolute atomic E-state index is 0.168. The number of hydrogen-bond donors (Lipinski definition) is 4. The van der Waals surface area contributed by atoms with Gasteiger partial charge in [-0.1, -0.05) is 0 Å². The molecule has 4 N–H and O–H groups in total. The van der Waals surface area contributed by atoms with E-state index in [2.05, 4.69) is 0 Å². The van der Waals surface area contributed by atoms with E-state index in [4.69, 9.17) is 28.1 Å². The Hall–Kier alpha value is -3.35. The Bertz CT molecular complexity index is 1250. The molecule has 0 bridgehead atoms. The molecular weight excluding hydrogens is 464 g/mol. The predicted molar refractivity (Wildman–Crippen MR) is 122 cm³/mol. The summed E-state index contributed by atoms with van der Waals surface area (Å²) in [6.45, 7) is -0.584. The number of rotatable bonds is 7. The first kappa shape index (κ1) is 24.8. The summed E-state index contributed by atoms with van der Waals surface area (Å²) in [5.41, 5.74) is 0.539. The lowest BCUT2D eigenvalue weighted by Crippen LogP contribution is -2.60. The van der Waals surface area contributed by atoms with Gasteiger partial charge in [-0.3, -0.25) is 4.79 Å². The van der Waals surface area contributed by atoms with Crippen LogP contribution in [0, 0.1) is 0 Å². The van der Waals surface area contributed by atoms with Crippen molar-refractivity contribution in [3.63, 3.8) is 0 Å². The Morgan fingerprint density at radius 3 is 2.20 bits per heavy atom. The molecule has 1 aliphatic heterocycles. The molecular formula is C24H26O11. The zero-order chi connectivity index (χ0) is 25.3. The minimum atomic E-state index is -1.58. The maximum atomic E-state index is 13.3. The lowest BCUT2D eigenvalue weighted by atomic mass is 9.99. The highest BCUT2D eigenvalue weighted by atomic mass is 16.7. The molecule has 3 aromatic rings. The normalized spacial score (nSPS) is 24.3. The molecule has 5 atom stereocenters. The summed E-state index contributed by atoms with van der Waals surface area (Å²) < 4.78 is 32.7. The van der Waals surface area contributed by atoms with Gasteiger partial charge in [0.2, 0.25) is 11.7 Å². The van der Waals surface area contributed by atoms with Crippen LogP contribution in [0.3, 0.4) is 0 Å². The number of aliphatic hydroxyl groups excluding tert-OH is 4. The molecule has 2 heterocycles. The zero-order valence-corrected chi connectivity index (χ0v) is 19.2. The third kappa shape index (κ3) is 4.51. The fourth-order valence-corrected chi connectivity index (χ4v) is 3.91. The fraction of sp³-hybridized carbons (Fsp3) is 0.375. The summed E-state index contributed by atoms with van der Waals surface area (Å²) in [4.78, 5) is 13.3. The first-order valence-corrected chi connectivity index (χ1v) is 10.7. The van der Waals surface area contributed by atoms with E-state index in [-0.39, 0.29) is 27.7 Å². The molecule has 0 amide bonds. The van der Waals surface area contributed by atoms with E-state index < -0.39 is 37.3 Å². The molecule has 35 heavy (non-hydrogen) atoms. The lowest BCUT2D eigenvalue weighted by Gasteiger charge is -2.39. The molecule has 2 unspecified atom stereocenters. The number of benzene rings is 2. The number of hydrogen-bond acceptors (Lipinski definition) is 11. The van der Waals surface area contributed by atoms with Gasteiger partial charge >= 0.3 is 0 Å². The van der Waals surface area contributed by atoms with Crippen LogP contribution in [0.2, 0.25) is 0 Å². The molecule has 0 saturated carbocycles. The smallest absolute Gasteiger partial charge is 0.229 e. The van der Waals surface area contributed by atoms with Gasteiger partial charge in [0.1, 0.15) is 47.8 Å². The van der Waals surface area contributed by atoms with Crippen molar-refractivity contribution in [1.82, 2.24) is 0 Å². The molecule has 1 saturated heterocycles. The average molecular weight is 490 g/mol.